The van der Waals surface area contributed by atoms with Gasteiger partial charge in [-0.2, -0.15) is 4.98 Å². The number of aryl methyl sites for hydroxylation is 2. The molecule has 0 bridgehead atoms. The molecule has 28 heavy (non-hydrogen) atoms. The first kappa shape index (κ1) is 18.5. The number of nitrogens with zero attached hydrogens (tertiary/aromatic N) is 6. The topological polar surface area (TPSA) is 110 Å². The van der Waals surface area contributed by atoms with E-state index in [-0.39, 0.29) is 11.8 Å². The molecule has 1 aliphatic heterocycles. The lowest BCUT2D eigenvalue weighted by Gasteiger charge is -2.32. The Morgan fingerprint density at radius 2 is 2.07 bits per heavy atom. The van der Waals surface area contributed by atoms with Crippen molar-refractivity contribution in [1.29, 1.82) is 0 Å². The second-order valence-electron chi connectivity index (χ2n) is 6.71. The molecule has 1 amide bonds. The Balaban J connectivity index is 1.42. The average Bonchev–Trinajstić information content (AvgIpc) is 3.38. The minimum Gasteiger partial charge on any atom is -0.356 e. The number of thiazole rings is 1. The van der Waals surface area contributed by atoms with Crippen LogP contribution in [0.1, 0.15) is 29.5 Å². The Morgan fingerprint density at radius 1 is 1.25 bits per heavy atom. The second kappa shape index (κ2) is 8.01. The summed E-state index contributed by atoms with van der Waals surface area (Å²) in [6.07, 6.45) is 4.98. The standard InChI is InChI=1S/C18H21N7O2S/c1-11-20-9-14(18-23-12(2)24-27-18)16(22-11)25-6-3-13(4-7-25)17(26)21-10-15-19-5-8-28-15/h5,8-9,13H,3-4,6-7,10H2,1-2H3,(H,21,26). The van der Waals surface area contributed by atoms with Gasteiger partial charge in [0, 0.05) is 36.8 Å². The van der Waals surface area contributed by atoms with Gasteiger partial charge in [0.15, 0.2) is 5.82 Å². The Labute approximate surface area is 166 Å². The molecule has 0 aromatic carbocycles. The summed E-state index contributed by atoms with van der Waals surface area (Å²) >= 11 is 1.54. The minimum absolute atomic E-state index is 0.00625. The molecule has 0 unspecified atom stereocenters. The highest BCUT2D eigenvalue weighted by atomic mass is 32.1. The summed E-state index contributed by atoms with van der Waals surface area (Å²) < 4.78 is 5.31. The van der Waals surface area contributed by atoms with Gasteiger partial charge in [-0.05, 0) is 26.7 Å². The SMILES string of the molecule is Cc1noc(-c2cnc(C)nc2N2CCC(C(=O)NCc3nccs3)CC2)n1. The van der Waals surface area contributed by atoms with Crippen molar-refractivity contribution in [3.63, 3.8) is 0 Å². The molecule has 1 N–H and O–H groups in total. The molecule has 1 fully saturated rings. The van der Waals surface area contributed by atoms with E-state index in [4.69, 9.17) is 4.52 Å². The summed E-state index contributed by atoms with van der Waals surface area (Å²) in [7, 11) is 0. The molecule has 146 valence electrons. The van der Waals surface area contributed by atoms with Crippen molar-refractivity contribution in [2.75, 3.05) is 18.0 Å². The van der Waals surface area contributed by atoms with E-state index >= 15 is 0 Å². The number of aromatic nitrogens is 5. The first-order valence-corrected chi connectivity index (χ1v) is 10.0. The summed E-state index contributed by atoms with van der Waals surface area (Å²) in [5.74, 6) is 2.51. The molecule has 1 saturated heterocycles. The zero-order valence-electron chi connectivity index (χ0n) is 15.8. The van der Waals surface area contributed by atoms with Crippen LogP contribution in [0.5, 0.6) is 0 Å². The van der Waals surface area contributed by atoms with Gasteiger partial charge in [-0.1, -0.05) is 5.16 Å². The number of carbonyl (C=O) groups excluding carboxylic acids is 1. The first-order chi connectivity index (χ1) is 13.6. The summed E-state index contributed by atoms with van der Waals surface area (Å²) in [4.78, 5) is 32.0. The lowest BCUT2D eigenvalue weighted by atomic mass is 9.95. The van der Waals surface area contributed by atoms with Crippen LogP contribution in [-0.2, 0) is 11.3 Å². The molecular formula is C18H21N7O2S. The third-order valence-electron chi connectivity index (χ3n) is 4.71. The van der Waals surface area contributed by atoms with Gasteiger partial charge in [0.05, 0.1) is 6.54 Å². The van der Waals surface area contributed by atoms with Crippen LogP contribution in [0.15, 0.2) is 22.3 Å². The van der Waals surface area contributed by atoms with E-state index in [1.807, 2.05) is 12.3 Å². The van der Waals surface area contributed by atoms with Gasteiger partial charge in [0.2, 0.25) is 5.91 Å². The second-order valence-corrected chi connectivity index (χ2v) is 7.69. The maximum absolute atomic E-state index is 12.5. The van der Waals surface area contributed by atoms with Crippen LogP contribution in [0.4, 0.5) is 5.82 Å². The van der Waals surface area contributed by atoms with Crippen LogP contribution in [0.25, 0.3) is 11.5 Å². The van der Waals surface area contributed by atoms with Crippen LogP contribution >= 0.6 is 11.3 Å². The third kappa shape index (κ3) is 4.01. The van der Waals surface area contributed by atoms with Crippen molar-refractivity contribution in [2.24, 2.45) is 5.92 Å². The zero-order chi connectivity index (χ0) is 19.5. The van der Waals surface area contributed by atoms with Crippen molar-refractivity contribution in [2.45, 2.75) is 33.2 Å². The van der Waals surface area contributed by atoms with E-state index < -0.39 is 0 Å². The predicted molar refractivity (Wildman–Crippen MR) is 104 cm³/mol. The zero-order valence-corrected chi connectivity index (χ0v) is 16.6. The molecule has 0 saturated carbocycles. The number of carbonyl (C=O) groups is 1. The monoisotopic (exact) mass is 399 g/mol. The molecule has 4 rings (SSSR count). The normalized spacial score (nSPS) is 15.0. The van der Waals surface area contributed by atoms with Gasteiger partial charge in [0.25, 0.3) is 5.89 Å². The van der Waals surface area contributed by atoms with E-state index in [2.05, 4.69) is 35.3 Å². The van der Waals surface area contributed by atoms with Gasteiger partial charge in [-0.15, -0.1) is 11.3 Å². The quantitative estimate of drug-likeness (QED) is 0.695. The first-order valence-electron chi connectivity index (χ1n) is 9.15. The largest absolute Gasteiger partial charge is 0.356 e. The summed E-state index contributed by atoms with van der Waals surface area (Å²) in [6, 6.07) is 0. The highest BCUT2D eigenvalue weighted by Crippen LogP contribution is 2.30. The fourth-order valence-electron chi connectivity index (χ4n) is 3.26. The molecule has 3 aromatic rings. The Kier molecular flexibility index (Phi) is 5.29. The van der Waals surface area contributed by atoms with Crippen molar-refractivity contribution in [3.05, 3.63) is 34.4 Å². The summed E-state index contributed by atoms with van der Waals surface area (Å²) in [6.45, 7) is 5.57. The van der Waals surface area contributed by atoms with Crippen LogP contribution in [-0.4, -0.2) is 44.1 Å². The van der Waals surface area contributed by atoms with Crippen LogP contribution in [0, 0.1) is 19.8 Å². The van der Waals surface area contributed by atoms with Gasteiger partial charge >= 0.3 is 0 Å². The van der Waals surface area contributed by atoms with E-state index in [0.29, 0.717) is 24.1 Å². The van der Waals surface area contributed by atoms with E-state index in [1.165, 1.54) is 0 Å². The molecule has 9 nitrogen and oxygen atoms in total. The Morgan fingerprint density at radius 3 is 2.75 bits per heavy atom. The highest BCUT2D eigenvalue weighted by molar-refractivity contribution is 7.09. The number of hydrogen-bond acceptors (Lipinski definition) is 9. The summed E-state index contributed by atoms with van der Waals surface area (Å²) in [5, 5.41) is 9.68. The number of piperidine rings is 1. The fraction of sp³-hybridized carbons (Fsp3) is 0.444. The summed E-state index contributed by atoms with van der Waals surface area (Å²) in [5.41, 5.74) is 0.720. The molecule has 10 heteroatoms. The fourth-order valence-corrected chi connectivity index (χ4v) is 3.81. The number of nitrogens with one attached hydrogen (secondary N) is 1. The Bertz CT molecular complexity index is 949. The molecule has 4 heterocycles. The van der Waals surface area contributed by atoms with Crippen molar-refractivity contribution < 1.29 is 9.32 Å². The van der Waals surface area contributed by atoms with Gasteiger partial charge < -0.3 is 14.7 Å². The molecule has 3 aromatic heterocycles. The molecule has 0 atom stereocenters. The maximum atomic E-state index is 12.5. The smallest absolute Gasteiger partial charge is 0.263 e. The van der Waals surface area contributed by atoms with E-state index in [0.717, 1.165) is 42.3 Å². The van der Waals surface area contributed by atoms with Crippen molar-refractivity contribution >= 4 is 23.1 Å². The highest BCUT2D eigenvalue weighted by Gasteiger charge is 2.28. The number of amides is 1. The third-order valence-corrected chi connectivity index (χ3v) is 5.49. The molecule has 0 aliphatic carbocycles. The van der Waals surface area contributed by atoms with Crippen molar-refractivity contribution in [1.82, 2.24) is 30.4 Å². The average molecular weight is 399 g/mol. The van der Waals surface area contributed by atoms with Crippen LogP contribution in [0.3, 0.4) is 0 Å². The van der Waals surface area contributed by atoms with Gasteiger partial charge in [0.1, 0.15) is 22.2 Å². The molecular weight excluding hydrogens is 378 g/mol. The van der Waals surface area contributed by atoms with Crippen LogP contribution < -0.4 is 10.2 Å². The lowest BCUT2D eigenvalue weighted by molar-refractivity contribution is -0.125. The van der Waals surface area contributed by atoms with Gasteiger partial charge in [-0.3, -0.25) is 4.79 Å². The van der Waals surface area contributed by atoms with E-state index in [1.54, 1.807) is 30.7 Å². The number of hydrogen-bond donors (Lipinski definition) is 1. The Hall–Kier alpha value is -2.88. The van der Waals surface area contributed by atoms with Gasteiger partial charge in [-0.25, -0.2) is 15.0 Å². The molecule has 0 radical (unpaired) electrons. The van der Waals surface area contributed by atoms with E-state index in [9.17, 15) is 4.79 Å². The predicted octanol–water partition coefficient (Wildman–Crippen LogP) is 2.13. The molecule has 1 aliphatic rings. The number of rotatable bonds is 5. The minimum atomic E-state index is -0.00625. The maximum Gasteiger partial charge on any atom is 0.263 e. The molecule has 0 spiro atoms. The van der Waals surface area contributed by atoms with Crippen LogP contribution in [0.2, 0.25) is 0 Å². The number of anilines is 1. The van der Waals surface area contributed by atoms with Crippen molar-refractivity contribution in [3.8, 4) is 11.5 Å². The lowest BCUT2D eigenvalue weighted by Crippen LogP contribution is -2.41.